The van der Waals surface area contributed by atoms with E-state index in [1.54, 1.807) is 36.4 Å². The fourth-order valence-electron chi connectivity index (χ4n) is 4.33. The van der Waals surface area contributed by atoms with Gasteiger partial charge in [0, 0.05) is 21.5 Å². The number of nitrogens with zero attached hydrogens (tertiary/aromatic N) is 1. The minimum absolute atomic E-state index is 0.0334. The van der Waals surface area contributed by atoms with Crippen LogP contribution in [0.15, 0.2) is 66.0 Å². The minimum Gasteiger partial charge on any atom is -0.351 e. The smallest absolute Gasteiger partial charge is 0.248 e. The van der Waals surface area contributed by atoms with Crippen molar-refractivity contribution in [2.45, 2.75) is 50.6 Å². The highest BCUT2D eigenvalue weighted by molar-refractivity contribution is 7.10. The van der Waals surface area contributed by atoms with Crippen LogP contribution in [-0.2, 0) is 16.0 Å². The van der Waals surface area contributed by atoms with Gasteiger partial charge in [0.05, 0.1) is 12.1 Å². The van der Waals surface area contributed by atoms with Gasteiger partial charge in [-0.05, 0) is 42.5 Å². The van der Waals surface area contributed by atoms with Gasteiger partial charge in [0.2, 0.25) is 11.8 Å². The van der Waals surface area contributed by atoms with Gasteiger partial charge in [0.25, 0.3) is 0 Å². The number of anilines is 1. The molecule has 33 heavy (non-hydrogen) atoms. The van der Waals surface area contributed by atoms with E-state index in [1.807, 2.05) is 17.5 Å². The lowest BCUT2D eigenvalue weighted by Gasteiger charge is -2.34. The average molecular weight is 485 g/mol. The highest BCUT2D eigenvalue weighted by Gasteiger charge is 2.36. The standard InChI is InChI=1S/C26H26ClFN2O2S/c27-21-13-5-4-12-20(21)25(26(32)29-18-9-2-1-3-10-18)30(23-15-7-6-14-22(23)28)24(31)17-19-11-8-16-33-19/h4-8,11-16,18,25H,1-3,9-10,17H2,(H,29,32). The van der Waals surface area contributed by atoms with Crippen molar-refractivity contribution in [1.29, 1.82) is 0 Å². The number of benzene rings is 2. The molecule has 0 bridgehead atoms. The highest BCUT2D eigenvalue weighted by atomic mass is 35.5. The molecule has 1 aromatic heterocycles. The van der Waals surface area contributed by atoms with Gasteiger partial charge in [-0.3, -0.25) is 14.5 Å². The fourth-order valence-corrected chi connectivity index (χ4v) is 5.27. The molecule has 1 atom stereocenters. The van der Waals surface area contributed by atoms with E-state index in [-0.39, 0.29) is 30.0 Å². The Morgan fingerprint density at radius 3 is 2.45 bits per heavy atom. The third-order valence-electron chi connectivity index (χ3n) is 5.94. The Balaban J connectivity index is 1.78. The van der Waals surface area contributed by atoms with E-state index in [4.69, 9.17) is 11.6 Å². The number of amides is 2. The van der Waals surface area contributed by atoms with Gasteiger partial charge in [-0.1, -0.05) is 67.3 Å². The van der Waals surface area contributed by atoms with Gasteiger partial charge < -0.3 is 5.32 Å². The summed E-state index contributed by atoms with van der Waals surface area (Å²) in [6, 6.07) is 15.6. The number of nitrogens with one attached hydrogen (secondary N) is 1. The van der Waals surface area contributed by atoms with Crippen molar-refractivity contribution in [3.8, 4) is 0 Å². The van der Waals surface area contributed by atoms with Crippen molar-refractivity contribution < 1.29 is 14.0 Å². The SMILES string of the molecule is O=C(NC1CCCCC1)C(c1ccccc1Cl)N(C(=O)Cc1cccs1)c1ccccc1F. The van der Waals surface area contributed by atoms with E-state index in [2.05, 4.69) is 5.32 Å². The van der Waals surface area contributed by atoms with E-state index < -0.39 is 11.9 Å². The summed E-state index contributed by atoms with van der Waals surface area (Å²) in [5.74, 6) is -1.29. The molecule has 1 unspecified atom stereocenters. The maximum absolute atomic E-state index is 15.0. The molecule has 0 saturated heterocycles. The van der Waals surface area contributed by atoms with E-state index in [1.165, 1.54) is 28.4 Å². The summed E-state index contributed by atoms with van der Waals surface area (Å²) < 4.78 is 15.0. The zero-order valence-corrected chi connectivity index (χ0v) is 19.7. The molecule has 1 fully saturated rings. The lowest BCUT2D eigenvalue weighted by molar-refractivity contribution is -0.127. The van der Waals surface area contributed by atoms with E-state index in [9.17, 15) is 9.59 Å². The van der Waals surface area contributed by atoms with Gasteiger partial charge in [-0.25, -0.2) is 4.39 Å². The summed E-state index contributed by atoms with van der Waals surface area (Å²) in [5, 5.41) is 5.36. The predicted molar refractivity (Wildman–Crippen MR) is 131 cm³/mol. The van der Waals surface area contributed by atoms with Gasteiger partial charge in [0.15, 0.2) is 0 Å². The number of carbonyl (C=O) groups excluding carboxylic acids is 2. The molecular weight excluding hydrogens is 459 g/mol. The first kappa shape index (κ1) is 23.5. The molecule has 2 aromatic carbocycles. The van der Waals surface area contributed by atoms with E-state index in [0.717, 1.165) is 37.0 Å². The number of hydrogen-bond acceptors (Lipinski definition) is 3. The zero-order valence-electron chi connectivity index (χ0n) is 18.2. The predicted octanol–water partition coefficient (Wildman–Crippen LogP) is 6.31. The topological polar surface area (TPSA) is 49.4 Å². The third-order valence-corrected chi connectivity index (χ3v) is 7.16. The number of rotatable bonds is 7. The number of halogens is 2. The molecule has 0 spiro atoms. The van der Waals surface area contributed by atoms with Crippen LogP contribution < -0.4 is 10.2 Å². The van der Waals surface area contributed by atoms with Crippen LogP contribution in [0.4, 0.5) is 10.1 Å². The molecule has 1 saturated carbocycles. The molecule has 1 aliphatic carbocycles. The fraction of sp³-hybridized carbons (Fsp3) is 0.308. The van der Waals surface area contributed by atoms with Crippen LogP contribution in [-0.4, -0.2) is 17.9 Å². The van der Waals surface area contributed by atoms with E-state index in [0.29, 0.717) is 10.6 Å². The lowest BCUT2D eigenvalue weighted by Crippen LogP contribution is -2.48. The molecule has 4 nitrogen and oxygen atoms in total. The Bertz CT molecular complexity index is 1100. The number of para-hydroxylation sites is 1. The third kappa shape index (κ3) is 5.63. The molecule has 1 aliphatic rings. The summed E-state index contributed by atoms with van der Waals surface area (Å²) in [7, 11) is 0. The Morgan fingerprint density at radius 1 is 1.03 bits per heavy atom. The maximum Gasteiger partial charge on any atom is 0.248 e. The first-order valence-electron chi connectivity index (χ1n) is 11.2. The molecule has 1 N–H and O–H groups in total. The molecular formula is C26H26ClFN2O2S. The first-order valence-corrected chi connectivity index (χ1v) is 12.4. The van der Waals surface area contributed by atoms with E-state index >= 15 is 4.39 Å². The molecule has 4 rings (SSSR count). The second-order valence-electron chi connectivity index (χ2n) is 8.24. The monoisotopic (exact) mass is 484 g/mol. The number of thiophene rings is 1. The summed E-state index contributed by atoms with van der Waals surface area (Å²) in [6.45, 7) is 0. The molecule has 1 heterocycles. The van der Waals surface area contributed by atoms with Crippen molar-refractivity contribution in [1.82, 2.24) is 5.32 Å². The number of hydrogen-bond donors (Lipinski definition) is 1. The quantitative estimate of drug-likeness (QED) is 0.427. The van der Waals surface area contributed by atoms with Crippen molar-refractivity contribution in [2.75, 3.05) is 4.90 Å². The summed E-state index contributed by atoms with van der Waals surface area (Å²) in [6.07, 6.45) is 5.10. The highest BCUT2D eigenvalue weighted by Crippen LogP contribution is 2.34. The number of carbonyl (C=O) groups is 2. The Morgan fingerprint density at radius 2 is 1.76 bits per heavy atom. The zero-order chi connectivity index (χ0) is 23.2. The molecule has 7 heteroatoms. The molecule has 0 radical (unpaired) electrons. The second-order valence-corrected chi connectivity index (χ2v) is 9.68. The largest absolute Gasteiger partial charge is 0.351 e. The van der Waals surface area contributed by atoms with Crippen LogP contribution in [0, 0.1) is 5.82 Å². The van der Waals surface area contributed by atoms with Gasteiger partial charge in [-0.2, -0.15) is 0 Å². The van der Waals surface area contributed by atoms with Crippen molar-refractivity contribution >= 4 is 40.4 Å². The van der Waals surface area contributed by atoms with Gasteiger partial charge >= 0.3 is 0 Å². The molecule has 2 amide bonds. The Kier molecular flexibility index (Phi) is 7.78. The summed E-state index contributed by atoms with van der Waals surface area (Å²) >= 11 is 7.96. The molecule has 172 valence electrons. The van der Waals surface area contributed by atoms with Crippen LogP contribution in [0.25, 0.3) is 0 Å². The Labute approximate surface area is 202 Å². The van der Waals surface area contributed by atoms with Gasteiger partial charge in [0.1, 0.15) is 11.9 Å². The molecule has 0 aliphatic heterocycles. The van der Waals surface area contributed by atoms with Crippen LogP contribution >= 0.6 is 22.9 Å². The van der Waals surface area contributed by atoms with Crippen LogP contribution in [0.2, 0.25) is 5.02 Å². The van der Waals surface area contributed by atoms with Crippen LogP contribution in [0.5, 0.6) is 0 Å². The first-order chi connectivity index (χ1) is 16.0. The summed E-state index contributed by atoms with van der Waals surface area (Å²) in [4.78, 5) is 29.5. The Hall–Kier alpha value is -2.70. The van der Waals surface area contributed by atoms with Crippen LogP contribution in [0.1, 0.15) is 48.6 Å². The average Bonchev–Trinajstić information content (AvgIpc) is 3.32. The van der Waals surface area contributed by atoms with Gasteiger partial charge in [-0.15, -0.1) is 11.3 Å². The normalized spacial score (nSPS) is 15.1. The maximum atomic E-state index is 15.0. The van der Waals surface area contributed by atoms with Crippen molar-refractivity contribution in [3.63, 3.8) is 0 Å². The van der Waals surface area contributed by atoms with Crippen molar-refractivity contribution in [3.05, 3.63) is 87.3 Å². The lowest BCUT2D eigenvalue weighted by atomic mass is 9.94. The molecule has 3 aromatic rings. The van der Waals surface area contributed by atoms with Crippen molar-refractivity contribution in [2.24, 2.45) is 0 Å². The minimum atomic E-state index is -1.09. The second kappa shape index (κ2) is 10.9. The summed E-state index contributed by atoms with van der Waals surface area (Å²) in [5.41, 5.74) is 0.526. The van der Waals surface area contributed by atoms with Crippen LogP contribution in [0.3, 0.4) is 0 Å².